The molecule has 0 aromatic heterocycles. The van der Waals surface area contributed by atoms with Crippen LogP contribution in [0.2, 0.25) is 0 Å². The Morgan fingerprint density at radius 1 is 1.00 bits per heavy atom. The number of rotatable bonds is 10. The topological polar surface area (TPSA) is 12.0 Å². The molecule has 0 aliphatic heterocycles. The van der Waals surface area contributed by atoms with Crippen LogP contribution in [0, 0.1) is 11.6 Å². The minimum Gasteiger partial charge on any atom is -0.310 e. The molecule has 0 radical (unpaired) electrons. The summed E-state index contributed by atoms with van der Waals surface area (Å²) < 4.78 is 28.5. The van der Waals surface area contributed by atoms with Crippen molar-refractivity contribution in [2.45, 2.75) is 64.8 Å². The Morgan fingerprint density at radius 2 is 1.57 bits per heavy atom. The molecule has 120 valence electrons. The van der Waals surface area contributed by atoms with Crippen LogP contribution in [-0.2, 0) is 0 Å². The van der Waals surface area contributed by atoms with Gasteiger partial charge in [0.05, 0.1) is 0 Å². The average Bonchev–Trinajstić information content (AvgIpc) is 2.41. The molecule has 4 heteroatoms. The molecule has 21 heavy (non-hydrogen) atoms. The summed E-state index contributed by atoms with van der Waals surface area (Å²) in [5.74, 6) is -0.947. The van der Waals surface area contributed by atoms with Crippen LogP contribution in [0.25, 0.3) is 0 Å². The van der Waals surface area contributed by atoms with E-state index in [0.29, 0.717) is 11.0 Å². The zero-order valence-corrected chi connectivity index (χ0v) is 14.6. The van der Waals surface area contributed by atoms with Crippen LogP contribution in [0.5, 0.6) is 0 Å². The van der Waals surface area contributed by atoms with E-state index in [-0.39, 0.29) is 11.6 Å². The number of unbranched alkanes of at least 4 members (excludes halogenated alkanes) is 5. The first-order valence-corrected chi connectivity index (χ1v) is 8.77. The maximum absolute atomic E-state index is 14.1. The zero-order valence-electron chi connectivity index (χ0n) is 13.0. The molecule has 0 heterocycles. The van der Waals surface area contributed by atoms with Crippen LogP contribution in [0.3, 0.4) is 0 Å². The third-order valence-electron chi connectivity index (χ3n) is 3.69. The second kappa shape index (κ2) is 10.3. The van der Waals surface area contributed by atoms with E-state index in [1.54, 1.807) is 0 Å². The summed E-state index contributed by atoms with van der Waals surface area (Å²) in [4.78, 5) is 0. The maximum atomic E-state index is 14.1. The highest BCUT2D eigenvalue weighted by Gasteiger charge is 2.19. The normalized spacial score (nSPS) is 12.6. The molecule has 0 saturated carbocycles. The summed E-state index contributed by atoms with van der Waals surface area (Å²) in [6, 6.07) is 2.43. The van der Waals surface area contributed by atoms with Gasteiger partial charge >= 0.3 is 0 Å². The molecule has 0 aliphatic carbocycles. The van der Waals surface area contributed by atoms with Crippen molar-refractivity contribution >= 4 is 15.9 Å². The Hall–Kier alpha value is -0.480. The van der Waals surface area contributed by atoms with Gasteiger partial charge in [0.15, 0.2) is 0 Å². The zero-order chi connectivity index (χ0) is 15.7. The van der Waals surface area contributed by atoms with Crippen LogP contribution < -0.4 is 5.32 Å². The van der Waals surface area contributed by atoms with Gasteiger partial charge in [0, 0.05) is 16.1 Å². The monoisotopic (exact) mass is 361 g/mol. The predicted octanol–water partition coefficient (Wildman–Crippen LogP) is 6.13. The minimum absolute atomic E-state index is 0.175. The lowest BCUT2D eigenvalue weighted by atomic mass is 9.98. The van der Waals surface area contributed by atoms with Gasteiger partial charge in [-0.1, -0.05) is 68.3 Å². The Balaban J connectivity index is 2.61. The maximum Gasteiger partial charge on any atom is 0.132 e. The molecule has 1 atom stereocenters. The quantitative estimate of drug-likeness (QED) is 0.494. The van der Waals surface area contributed by atoms with E-state index in [1.807, 2.05) is 6.92 Å². The summed E-state index contributed by atoms with van der Waals surface area (Å²) >= 11 is 3.12. The fourth-order valence-electron chi connectivity index (χ4n) is 2.61. The fourth-order valence-corrected chi connectivity index (χ4v) is 3.01. The van der Waals surface area contributed by atoms with Gasteiger partial charge in [0.25, 0.3) is 0 Å². The van der Waals surface area contributed by atoms with Gasteiger partial charge < -0.3 is 5.32 Å². The second-order valence-electron chi connectivity index (χ2n) is 5.45. The molecule has 1 aromatic carbocycles. The van der Waals surface area contributed by atoms with Gasteiger partial charge in [0.1, 0.15) is 11.6 Å². The van der Waals surface area contributed by atoms with Crippen LogP contribution in [-0.4, -0.2) is 6.54 Å². The number of benzene rings is 1. The molecule has 1 N–H and O–H groups in total. The minimum atomic E-state index is -0.473. The van der Waals surface area contributed by atoms with Crippen molar-refractivity contribution in [2.75, 3.05) is 6.54 Å². The standard InChI is InChI=1S/C17H26BrF2N/c1-3-5-6-7-8-9-10-16(21-4-2)17-14(19)11-13(18)12-15(17)20/h11-12,16,21H,3-10H2,1-2H3. The third-order valence-corrected chi connectivity index (χ3v) is 4.15. The van der Waals surface area contributed by atoms with Crippen molar-refractivity contribution in [2.24, 2.45) is 0 Å². The summed E-state index contributed by atoms with van der Waals surface area (Å²) in [5.41, 5.74) is 0.175. The van der Waals surface area contributed by atoms with Crippen molar-refractivity contribution in [3.05, 3.63) is 33.8 Å². The molecule has 1 aromatic rings. The molecule has 1 rings (SSSR count). The molecular formula is C17H26BrF2N. The molecule has 1 nitrogen and oxygen atoms in total. The lowest BCUT2D eigenvalue weighted by Gasteiger charge is -2.20. The SMILES string of the molecule is CCCCCCCCC(NCC)c1c(F)cc(Br)cc1F. The van der Waals surface area contributed by atoms with E-state index >= 15 is 0 Å². The highest BCUT2D eigenvalue weighted by molar-refractivity contribution is 9.10. The first-order valence-electron chi connectivity index (χ1n) is 7.98. The van der Waals surface area contributed by atoms with Gasteiger partial charge in [0.2, 0.25) is 0 Å². The molecule has 0 amide bonds. The largest absolute Gasteiger partial charge is 0.310 e. The summed E-state index contributed by atoms with van der Waals surface area (Å²) in [5, 5.41) is 3.21. The molecule has 0 saturated heterocycles. The van der Waals surface area contributed by atoms with Crippen molar-refractivity contribution in [1.82, 2.24) is 5.32 Å². The summed E-state index contributed by atoms with van der Waals surface area (Å²) in [7, 11) is 0. The lowest BCUT2D eigenvalue weighted by molar-refractivity contribution is 0.435. The molecule has 0 bridgehead atoms. The van der Waals surface area contributed by atoms with E-state index in [2.05, 4.69) is 28.2 Å². The molecule has 0 fully saturated rings. The van der Waals surface area contributed by atoms with Gasteiger partial charge in [-0.3, -0.25) is 0 Å². The number of hydrogen-bond acceptors (Lipinski definition) is 1. The van der Waals surface area contributed by atoms with Gasteiger partial charge in [-0.05, 0) is 25.1 Å². The van der Waals surface area contributed by atoms with E-state index in [1.165, 1.54) is 37.8 Å². The Kier molecular flexibility index (Phi) is 9.09. The van der Waals surface area contributed by atoms with Crippen molar-refractivity contribution in [1.29, 1.82) is 0 Å². The molecule has 0 aliphatic rings. The predicted molar refractivity (Wildman–Crippen MR) is 88.5 cm³/mol. The van der Waals surface area contributed by atoms with Crippen LogP contribution in [0.1, 0.15) is 70.4 Å². The Morgan fingerprint density at radius 3 is 2.14 bits per heavy atom. The van der Waals surface area contributed by atoms with Crippen LogP contribution >= 0.6 is 15.9 Å². The van der Waals surface area contributed by atoms with Crippen molar-refractivity contribution in [3.63, 3.8) is 0 Å². The van der Waals surface area contributed by atoms with Crippen LogP contribution in [0.4, 0.5) is 8.78 Å². The van der Waals surface area contributed by atoms with E-state index in [4.69, 9.17) is 0 Å². The van der Waals surface area contributed by atoms with E-state index in [9.17, 15) is 8.78 Å². The number of hydrogen-bond donors (Lipinski definition) is 1. The highest BCUT2D eigenvalue weighted by Crippen LogP contribution is 2.28. The summed E-state index contributed by atoms with van der Waals surface area (Å²) in [6.07, 6.45) is 7.86. The first kappa shape index (κ1) is 18.6. The first-order chi connectivity index (χ1) is 10.1. The molecular weight excluding hydrogens is 336 g/mol. The fraction of sp³-hybridized carbons (Fsp3) is 0.647. The average molecular weight is 362 g/mol. The Bertz CT molecular complexity index is 400. The lowest BCUT2D eigenvalue weighted by Crippen LogP contribution is -2.23. The van der Waals surface area contributed by atoms with E-state index in [0.717, 1.165) is 19.3 Å². The third kappa shape index (κ3) is 6.43. The van der Waals surface area contributed by atoms with Gasteiger partial charge in [-0.2, -0.15) is 0 Å². The molecule has 0 spiro atoms. The number of halogens is 3. The van der Waals surface area contributed by atoms with Crippen molar-refractivity contribution in [3.8, 4) is 0 Å². The Labute approximate surface area is 135 Å². The van der Waals surface area contributed by atoms with E-state index < -0.39 is 11.6 Å². The highest BCUT2D eigenvalue weighted by atomic mass is 79.9. The second-order valence-corrected chi connectivity index (χ2v) is 6.37. The smallest absolute Gasteiger partial charge is 0.132 e. The summed E-state index contributed by atoms with van der Waals surface area (Å²) in [6.45, 7) is 4.86. The number of nitrogens with one attached hydrogen (secondary N) is 1. The van der Waals surface area contributed by atoms with Gasteiger partial charge in [-0.15, -0.1) is 0 Å². The van der Waals surface area contributed by atoms with Gasteiger partial charge in [-0.25, -0.2) is 8.78 Å². The molecule has 1 unspecified atom stereocenters. The van der Waals surface area contributed by atoms with Crippen LogP contribution in [0.15, 0.2) is 16.6 Å². The van der Waals surface area contributed by atoms with Crippen molar-refractivity contribution < 1.29 is 8.78 Å².